The first kappa shape index (κ1) is 13.4. The van der Waals surface area contributed by atoms with E-state index >= 15 is 0 Å². The van der Waals surface area contributed by atoms with Crippen LogP contribution in [-0.2, 0) is 17.8 Å². The van der Waals surface area contributed by atoms with Crippen LogP contribution in [0.5, 0.6) is 0 Å². The van der Waals surface area contributed by atoms with Crippen molar-refractivity contribution in [1.82, 2.24) is 10.2 Å². The molecular weight excluding hydrogens is 244 g/mol. The van der Waals surface area contributed by atoms with E-state index in [1.54, 1.807) is 0 Å². The average molecular weight is 262 g/mol. The number of carboxylic acid groups (broad SMARTS) is 1. The molecule has 1 aliphatic heterocycles. The molecule has 1 aliphatic rings. The third kappa shape index (κ3) is 3.24. The number of hydrogen-bond donors (Lipinski definition) is 2. The fourth-order valence-corrected chi connectivity index (χ4v) is 1.98. The van der Waals surface area contributed by atoms with Crippen LogP contribution in [0, 0.1) is 5.92 Å². The first-order chi connectivity index (χ1) is 9.10. The van der Waals surface area contributed by atoms with Crippen molar-refractivity contribution < 1.29 is 14.7 Å². The molecule has 2 N–H and O–H groups in total. The van der Waals surface area contributed by atoms with Crippen LogP contribution in [0.4, 0.5) is 4.79 Å². The fourth-order valence-electron chi connectivity index (χ4n) is 1.98. The van der Waals surface area contributed by atoms with E-state index in [1.165, 1.54) is 10.5 Å². The second kappa shape index (κ2) is 5.73. The maximum Gasteiger partial charge on any atom is 0.317 e. The van der Waals surface area contributed by atoms with E-state index in [0.717, 1.165) is 12.0 Å². The van der Waals surface area contributed by atoms with Crippen LogP contribution in [0.25, 0.3) is 0 Å². The van der Waals surface area contributed by atoms with Crippen molar-refractivity contribution in [3.05, 3.63) is 35.4 Å². The van der Waals surface area contributed by atoms with Crippen LogP contribution in [0.3, 0.4) is 0 Å². The van der Waals surface area contributed by atoms with Gasteiger partial charge in [-0.3, -0.25) is 4.79 Å². The summed E-state index contributed by atoms with van der Waals surface area (Å²) in [6.07, 6.45) is 0.997. The molecule has 19 heavy (non-hydrogen) atoms. The molecule has 102 valence electrons. The number of amides is 2. The van der Waals surface area contributed by atoms with Gasteiger partial charge < -0.3 is 15.3 Å². The van der Waals surface area contributed by atoms with E-state index in [4.69, 9.17) is 5.11 Å². The Hall–Kier alpha value is -2.04. The number of aliphatic carboxylic acids is 1. The van der Waals surface area contributed by atoms with E-state index in [9.17, 15) is 9.59 Å². The predicted octanol–water partition coefficient (Wildman–Crippen LogP) is 1.47. The highest BCUT2D eigenvalue weighted by Crippen LogP contribution is 2.15. The number of benzene rings is 1. The first-order valence-corrected chi connectivity index (χ1v) is 6.43. The maximum atomic E-state index is 11.7. The number of rotatable bonds is 4. The molecule has 0 spiro atoms. The van der Waals surface area contributed by atoms with Crippen LogP contribution in [0.1, 0.15) is 18.1 Å². The Labute approximate surface area is 112 Å². The Morgan fingerprint density at radius 1 is 1.26 bits per heavy atom. The molecular formula is C14H18N2O3. The maximum absolute atomic E-state index is 11.7. The zero-order valence-electron chi connectivity index (χ0n) is 10.9. The molecule has 5 nitrogen and oxygen atoms in total. The van der Waals surface area contributed by atoms with E-state index < -0.39 is 11.9 Å². The molecule has 0 saturated carbocycles. The van der Waals surface area contributed by atoms with Crippen molar-refractivity contribution in [2.45, 2.75) is 19.9 Å². The van der Waals surface area contributed by atoms with Gasteiger partial charge in [-0.25, -0.2) is 4.79 Å². The predicted molar refractivity (Wildman–Crippen MR) is 70.8 cm³/mol. The summed E-state index contributed by atoms with van der Waals surface area (Å²) in [7, 11) is 0. The first-order valence-electron chi connectivity index (χ1n) is 6.43. The lowest BCUT2D eigenvalue weighted by molar-refractivity contribution is -0.146. The Bertz CT molecular complexity index is 464. The van der Waals surface area contributed by atoms with E-state index in [-0.39, 0.29) is 6.03 Å². The van der Waals surface area contributed by atoms with Crippen molar-refractivity contribution in [1.29, 1.82) is 0 Å². The van der Waals surface area contributed by atoms with Crippen molar-refractivity contribution in [2.75, 3.05) is 13.1 Å². The molecule has 0 aliphatic carbocycles. The molecule has 5 heteroatoms. The van der Waals surface area contributed by atoms with Gasteiger partial charge in [0.2, 0.25) is 0 Å². The van der Waals surface area contributed by atoms with Crippen molar-refractivity contribution in [2.24, 2.45) is 5.92 Å². The van der Waals surface area contributed by atoms with Crippen LogP contribution in [0.2, 0.25) is 0 Å². The Balaban J connectivity index is 1.76. The quantitative estimate of drug-likeness (QED) is 0.863. The minimum atomic E-state index is -0.834. The summed E-state index contributed by atoms with van der Waals surface area (Å²) in [5, 5.41) is 11.5. The number of likely N-dealkylation sites (tertiary alicyclic amines) is 1. The van der Waals surface area contributed by atoms with Gasteiger partial charge in [0.25, 0.3) is 0 Å². The highest BCUT2D eigenvalue weighted by Gasteiger charge is 2.35. The van der Waals surface area contributed by atoms with Crippen molar-refractivity contribution >= 4 is 12.0 Å². The summed E-state index contributed by atoms with van der Waals surface area (Å²) in [6.45, 7) is 3.17. The Morgan fingerprint density at radius 2 is 1.84 bits per heavy atom. The monoisotopic (exact) mass is 262 g/mol. The highest BCUT2D eigenvalue weighted by molar-refractivity contribution is 5.79. The summed E-state index contributed by atoms with van der Waals surface area (Å²) < 4.78 is 0. The van der Waals surface area contributed by atoms with Crippen molar-refractivity contribution in [3.63, 3.8) is 0 Å². The number of hydrogen-bond acceptors (Lipinski definition) is 2. The molecule has 0 unspecified atom stereocenters. The van der Waals surface area contributed by atoms with Gasteiger partial charge in [0.05, 0.1) is 5.92 Å². The average Bonchev–Trinajstić information content (AvgIpc) is 2.34. The summed E-state index contributed by atoms with van der Waals surface area (Å²) >= 11 is 0. The lowest BCUT2D eigenvalue weighted by Gasteiger charge is -2.36. The summed E-state index contributed by atoms with van der Waals surface area (Å²) in [4.78, 5) is 23.9. The molecule has 2 amide bonds. The van der Waals surface area contributed by atoms with Gasteiger partial charge in [0.15, 0.2) is 0 Å². The normalized spacial score (nSPS) is 14.9. The smallest absolute Gasteiger partial charge is 0.317 e. The molecule has 1 aromatic rings. The van der Waals surface area contributed by atoms with Gasteiger partial charge in [0, 0.05) is 19.6 Å². The third-order valence-electron chi connectivity index (χ3n) is 3.39. The molecule has 0 radical (unpaired) electrons. The summed E-state index contributed by atoms with van der Waals surface area (Å²) in [6, 6.07) is 7.89. The molecule has 0 aromatic heterocycles. The number of aryl methyl sites for hydroxylation is 1. The van der Waals surface area contributed by atoms with Gasteiger partial charge in [-0.2, -0.15) is 0 Å². The van der Waals surface area contributed by atoms with Gasteiger partial charge in [-0.15, -0.1) is 0 Å². The van der Waals surface area contributed by atoms with Crippen LogP contribution in [0.15, 0.2) is 24.3 Å². The number of urea groups is 1. The molecule has 1 heterocycles. The molecule has 1 aromatic carbocycles. The van der Waals surface area contributed by atoms with Gasteiger partial charge >= 0.3 is 12.0 Å². The van der Waals surface area contributed by atoms with E-state index in [2.05, 4.69) is 12.2 Å². The van der Waals surface area contributed by atoms with Gasteiger partial charge in [0.1, 0.15) is 0 Å². The van der Waals surface area contributed by atoms with Crippen LogP contribution in [-0.4, -0.2) is 35.1 Å². The van der Waals surface area contributed by atoms with Crippen LogP contribution < -0.4 is 5.32 Å². The number of carbonyl (C=O) groups excluding carboxylic acids is 1. The molecule has 2 rings (SSSR count). The Morgan fingerprint density at radius 3 is 2.37 bits per heavy atom. The topological polar surface area (TPSA) is 69.6 Å². The number of nitrogens with zero attached hydrogens (tertiary/aromatic N) is 1. The fraction of sp³-hybridized carbons (Fsp3) is 0.429. The molecule has 1 saturated heterocycles. The largest absolute Gasteiger partial charge is 0.481 e. The third-order valence-corrected chi connectivity index (χ3v) is 3.39. The number of carbonyl (C=O) groups is 2. The lowest BCUT2D eigenvalue weighted by Crippen LogP contribution is -2.56. The van der Waals surface area contributed by atoms with E-state index in [1.807, 2.05) is 24.3 Å². The molecule has 0 atom stereocenters. The zero-order chi connectivity index (χ0) is 13.8. The Kier molecular flexibility index (Phi) is 4.04. The summed E-state index contributed by atoms with van der Waals surface area (Å²) in [5.74, 6) is -1.24. The van der Waals surface area contributed by atoms with Gasteiger partial charge in [-0.1, -0.05) is 31.2 Å². The van der Waals surface area contributed by atoms with E-state index in [0.29, 0.717) is 19.6 Å². The minimum Gasteiger partial charge on any atom is -0.481 e. The zero-order valence-corrected chi connectivity index (χ0v) is 10.9. The standard InChI is InChI=1S/C14H18N2O3/c1-2-10-3-5-11(6-4-10)7-15-14(19)16-8-12(9-16)13(17)18/h3-6,12H,2,7-9H2,1H3,(H,15,19)(H,17,18). The van der Waals surface area contributed by atoms with Crippen LogP contribution >= 0.6 is 0 Å². The molecule has 0 bridgehead atoms. The van der Waals surface area contributed by atoms with Crippen molar-refractivity contribution in [3.8, 4) is 0 Å². The lowest BCUT2D eigenvalue weighted by atomic mass is 10.0. The molecule has 1 fully saturated rings. The number of nitrogens with one attached hydrogen (secondary N) is 1. The summed E-state index contributed by atoms with van der Waals surface area (Å²) in [5.41, 5.74) is 2.31. The number of carboxylic acids is 1. The SMILES string of the molecule is CCc1ccc(CNC(=O)N2CC(C(=O)O)C2)cc1. The minimum absolute atomic E-state index is 0.197. The second-order valence-electron chi connectivity index (χ2n) is 4.77. The highest BCUT2D eigenvalue weighted by atomic mass is 16.4. The second-order valence-corrected chi connectivity index (χ2v) is 4.77. The van der Waals surface area contributed by atoms with Gasteiger partial charge in [-0.05, 0) is 17.5 Å².